The van der Waals surface area contributed by atoms with E-state index in [4.69, 9.17) is 16.1 Å². The molecular formula is C17H18N7S+. The summed E-state index contributed by atoms with van der Waals surface area (Å²) in [4.78, 5) is 12.9. The van der Waals surface area contributed by atoms with Crippen molar-refractivity contribution in [3.8, 4) is 11.4 Å². The molecule has 25 heavy (non-hydrogen) atoms. The lowest BCUT2D eigenvalue weighted by molar-refractivity contribution is -0.106. The van der Waals surface area contributed by atoms with Crippen LogP contribution in [0.2, 0.25) is 0 Å². The first-order valence-corrected chi connectivity index (χ1v) is 8.70. The minimum absolute atomic E-state index is 0.0864. The van der Waals surface area contributed by atoms with E-state index in [0.717, 1.165) is 27.0 Å². The van der Waals surface area contributed by atoms with Crippen LogP contribution in [0.3, 0.4) is 0 Å². The van der Waals surface area contributed by atoms with Gasteiger partial charge in [0.05, 0.1) is 17.7 Å². The number of fused-ring (bicyclic) bond motifs is 1. The van der Waals surface area contributed by atoms with Gasteiger partial charge in [-0.2, -0.15) is 5.10 Å². The molecule has 0 amide bonds. The molecule has 0 spiro atoms. The van der Waals surface area contributed by atoms with E-state index in [9.17, 15) is 0 Å². The number of hydrogen-bond acceptors (Lipinski definition) is 4. The molecule has 7 nitrogen and oxygen atoms in total. The molecule has 2 unspecified atom stereocenters. The van der Waals surface area contributed by atoms with Crippen LogP contribution in [0.25, 0.3) is 11.4 Å². The lowest BCUT2D eigenvalue weighted by atomic mass is 9.96. The van der Waals surface area contributed by atoms with E-state index in [1.165, 1.54) is 17.7 Å². The summed E-state index contributed by atoms with van der Waals surface area (Å²) in [7, 11) is 0. The van der Waals surface area contributed by atoms with E-state index in [1.54, 1.807) is 0 Å². The molecule has 126 valence electrons. The zero-order valence-electron chi connectivity index (χ0n) is 13.6. The maximum atomic E-state index is 6.12. The standard InChI is InChI=1S/C17H17N7S/c1-10-13(12-6-2-3-8-24(12)23-10)17-22-14(11-5-4-7-20-11)15(25-17)16(19)21-9-18/h2-9,12-13,20H,1H3,(H3,18,19,21)/p+1. The second kappa shape index (κ2) is 6.14. The topological polar surface area (TPSA) is 108 Å². The summed E-state index contributed by atoms with van der Waals surface area (Å²) in [6.45, 7) is 2.03. The van der Waals surface area contributed by atoms with Crippen LogP contribution in [0.4, 0.5) is 0 Å². The van der Waals surface area contributed by atoms with Crippen LogP contribution in [0.1, 0.15) is 22.7 Å². The zero-order chi connectivity index (χ0) is 17.4. The summed E-state index contributed by atoms with van der Waals surface area (Å²) in [5, 5.41) is 13.0. The van der Waals surface area contributed by atoms with Crippen LogP contribution in [0.15, 0.2) is 52.9 Å². The average Bonchev–Trinajstić information content (AvgIpc) is 3.31. The third-order valence-electron chi connectivity index (χ3n) is 4.24. The maximum Gasteiger partial charge on any atom is 0.279 e. The number of nitrogens with two attached hydrogens (primary N) is 2. The average molecular weight is 352 g/mol. The largest absolute Gasteiger partial charge is 0.362 e. The van der Waals surface area contributed by atoms with Crippen molar-refractivity contribution in [2.75, 3.05) is 0 Å². The Balaban J connectivity index is 1.81. The van der Waals surface area contributed by atoms with E-state index in [1.807, 2.05) is 48.6 Å². The number of hydrazone groups is 1. The van der Waals surface area contributed by atoms with Gasteiger partial charge in [-0.3, -0.25) is 10.4 Å². The Morgan fingerprint density at radius 1 is 1.48 bits per heavy atom. The molecule has 2 atom stereocenters. The molecular weight excluding hydrogens is 334 g/mol. The third kappa shape index (κ3) is 2.60. The van der Waals surface area contributed by atoms with Gasteiger partial charge < -0.3 is 10.7 Å². The normalized spacial score (nSPS) is 22.2. The number of aromatic amines is 1. The highest BCUT2D eigenvalue weighted by Gasteiger charge is 2.37. The molecule has 2 aromatic rings. The fourth-order valence-electron chi connectivity index (χ4n) is 3.13. The number of thiazole rings is 1. The van der Waals surface area contributed by atoms with Gasteiger partial charge in [-0.15, -0.1) is 11.3 Å². The van der Waals surface area contributed by atoms with Gasteiger partial charge in [0, 0.05) is 18.1 Å². The van der Waals surface area contributed by atoms with E-state index in [2.05, 4.69) is 21.2 Å². The van der Waals surface area contributed by atoms with Gasteiger partial charge in [-0.1, -0.05) is 12.2 Å². The summed E-state index contributed by atoms with van der Waals surface area (Å²) in [5.74, 6) is 0.447. The number of amidine groups is 1. The summed E-state index contributed by atoms with van der Waals surface area (Å²) < 4.78 is 0. The van der Waals surface area contributed by atoms with Crippen molar-refractivity contribution in [1.29, 1.82) is 0 Å². The number of rotatable bonds is 4. The smallest absolute Gasteiger partial charge is 0.279 e. The SMILES string of the molecule is CC1=NN2C=CC=CC2C1c1nc(-c2ccc[nH]2)c(C(N)=NC=[NH2+])s1. The van der Waals surface area contributed by atoms with Crippen LogP contribution in [-0.2, 0) is 0 Å². The van der Waals surface area contributed by atoms with Crippen molar-refractivity contribution >= 4 is 29.2 Å². The van der Waals surface area contributed by atoms with Crippen molar-refractivity contribution in [3.05, 3.63) is 52.6 Å². The Labute approximate surface area is 148 Å². The van der Waals surface area contributed by atoms with Crippen LogP contribution in [-0.4, -0.2) is 38.9 Å². The number of aromatic nitrogens is 2. The molecule has 0 aromatic carbocycles. The Morgan fingerprint density at radius 2 is 2.36 bits per heavy atom. The highest BCUT2D eigenvalue weighted by atomic mass is 32.1. The zero-order valence-corrected chi connectivity index (χ0v) is 14.4. The number of nitrogens with zero attached hydrogens (tertiary/aromatic N) is 4. The van der Waals surface area contributed by atoms with Gasteiger partial charge in [-0.25, -0.2) is 4.98 Å². The fraction of sp³-hybridized carbons (Fsp3) is 0.176. The summed E-state index contributed by atoms with van der Waals surface area (Å²) in [5.41, 5.74) is 8.83. The van der Waals surface area contributed by atoms with Gasteiger partial charge in [0.2, 0.25) is 0 Å². The minimum atomic E-state index is 0.0864. The predicted molar refractivity (Wildman–Crippen MR) is 100 cm³/mol. The molecule has 2 aromatic heterocycles. The molecule has 0 aliphatic carbocycles. The van der Waals surface area contributed by atoms with Gasteiger partial charge in [0.15, 0.2) is 0 Å². The summed E-state index contributed by atoms with van der Waals surface area (Å²) >= 11 is 1.53. The Kier molecular flexibility index (Phi) is 3.81. The Bertz CT molecular complexity index is 917. The monoisotopic (exact) mass is 352 g/mol. The Hall–Kier alpha value is -3.00. The molecule has 0 bridgehead atoms. The number of nitrogens with one attached hydrogen (secondary N) is 1. The molecule has 2 aliphatic rings. The molecule has 2 aliphatic heterocycles. The maximum absolute atomic E-state index is 6.12. The molecule has 0 fully saturated rings. The van der Waals surface area contributed by atoms with E-state index in [0.29, 0.717) is 5.84 Å². The number of aliphatic imine (C=N–C) groups is 1. The number of hydrogen-bond donors (Lipinski definition) is 3. The highest BCUT2D eigenvalue weighted by Crippen LogP contribution is 2.38. The van der Waals surface area contributed by atoms with Crippen molar-refractivity contribution in [1.82, 2.24) is 15.0 Å². The van der Waals surface area contributed by atoms with Gasteiger partial charge in [0.1, 0.15) is 15.6 Å². The third-order valence-corrected chi connectivity index (χ3v) is 5.40. The molecule has 0 saturated carbocycles. The van der Waals surface area contributed by atoms with Crippen LogP contribution < -0.4 is 11.1 Å². The molecule has 0 radical (unpaired) electrons. The summed E-state index contributed by atoms with van der Waals surface area (Å²) in [6.07, 6.45) is 11.2. The minimum Gasteiger partial charge on any atom is -0.362 e. The van der Waals surface area contributed by atoms with Gasteiger partial charge in [-0.05, 0) is 30.1 Å². The van der Waals surface area contributed by atoms with Crippen molar-refractivity contribution in [2.24, 2.45) is 15.8 Å². The lowest BCUT2D eigenvalue weighted by Crippen LogP contribution is -2.30. The molecule has 4 heterocycles. The van der Waals surface area contributed by atoms with Gasteiger partial charge in [0.25, 0.3) is 12.2 Å². The van der Waals surface area contributed by atoms with Crippen molar-refractivity contribution in [3.63, 3.8) is 0 Å². The van der Waals surface area contributed by atoms with E-state index in [-0.39, 0.29) is 12.0 Å². The number of H-pyrrole nitrogens is 1. The molecule has 5 N–H and O–H groups in total. The first-order valence-electron chi connectivity index (χ1n) is 7.89. The first kappa shape index (κ1) is 15.5. The highest BCUT2D eigenvalue weighted by molar-refractivity contribution is 7.14. The first-order chi connectivity index (χ1) is 12.2. The predicted octanol–water partition coefficient (Wildman–Crippen LogP) is 0.858. The Morgan fingerprint density at radius 3 is 3.12 bits per heavy atom. The van der Waals surface area contributed by atoms with Crippen LogP contribution in [0.5, 0.6) is 0 Å². The fourth-order valence-corrected chi connectivity index (χ4v) is 4.32. The van der Waals surface area contributed by atoms with Gasteiger partial charge >= 0.3 is 0 Å². The summed E-state index contributed by atoms with van der Waals surface area (Å²) in [6, 6.07) is 4.03. The second-order valence-corrected chi connectivity index (χ2v) is 6.82. The van der Waals surface area contributed by atoms with E-state index >= 15 is 0 Å². The van der Waals surface area contributed by atoms with Crippen molar-refractivity contribution < 1.29 is 5.41 Å². The van der Waals surface area contributed by atoms with Crippen molar-refractivity contribution in [2.45, 2.75) is 18.9 Å². The van der Waals surface area contributed by atoms with Crippen LogP contribution >= 0.6 is 11.3 Å². The molecule has 0 saturated heterocycles. The quantitative estimate of drug-likeness (QED) is 0.561. The molecule has 8 heteroatoms. The second-order valence-electron chi connectivity index (χ2n) is 5.79. The van der Waals surface area contributed by atoms with E-state index < -0.39 is 0 Å². The van der Waals surface area contributed by atoms with Crippen LogP contribution in [0, 0.1) is 0 Å². The lowest BCUT2D eigenvalue weighted by Gasteiger charge is -2.23. The molecule has 4 rings (SSSR count). The number of allylic oxidation sites excluding steroid dienone is 2.